The Morgan fingerprint density at radius 3 is 2.90 bits per heavy atom. The Morgan fingerprint density at radius 1 is 1.48 bits per heavy atom. The molecule has 2 N–H and O–H groups in total. The van der Waals surface area contributed by atoms with Crippen molar-refractivity contribution in [1.82, 2.24) is 4.90 Å². The van der Waals surface area contributed by atoms with Crippen LogP contribution in [-0.2, 0) is 9.53 Å². The zero-order valence-electron chi connectivity index (χ0n) is 12.0. The number of rotatable bonds is 4. The number of hydrogen-bond donors (Lipinski definition) is 1. The van der Waals surface area contributed by atoms with Gasteiger partial charge < -0.3 is 15.4 Å². The molecule has 0 bridgehead atoms. The third kappa shape index (κ3) is 4.22. The number of morpholine rings is 1. The van der Waals surface area contributed by atoms with Crippen LogP contribution in [0.4, 0.5) is 8.78 Å². The lowest BCUT2D eigenvalue weighted by atomic mass is 10.1. The first kappa shape index (κ1) is 15.9. The molecule has 1 amide bonds. The molecule has 1 heterocycles. The minimum absolute atomic E-state index is 0.0167. The second kappa shape index (κ2) is 6.95. The Balaban J connectivity index is 1.99. The summed E-state index contributed by atoms with van der Waals surface area (Å²) in [6, 6.07) is 3.66. The summed E-state index contributed by atoms with van der Waals surface area (Å²) in [5, 5.41) is 0. The standard InChI is InChI=1S/C15H20F2N2O2/c1-10(18)2-5-15(20)19-6-7-21-14(9-19)11-3-4-12(16)13(17)8-11/h3-4,8,10,14H,2,5-7,9,18H2,1H3. The molecule has 1 saturated heterocycles. The number of amides is 1. The molecule has 1 fully saturated rings. The van der Waals surface area contributed by atoms with Crippen molar-refractivity contribution >= 4 is 5.91 Å². The second-order valence-electron chi connectivity index (χ2n) is 5.39. The summed E-state index contributed by atoms with van der Waals surface area (Å²) in [5.41, 5.74) is 6.19. The molecule has 116 valence electrons. The molecule has 1 aliphatic rings. The van der Waals surface area contributed by atoms with Gasteiger partial charge in [0.1, 0.15) is 6.10 Å². The molecule has 2 unspecified atom stereocenters. The van der Waals surface area contributed by atoms with E-state index >= 15 is 0 Å². The summed E-state index contributed by atoms with van der Waals surface area (Å²) in [5.74, 6) is -1.78. The van der Waals surface area contributed by atoms with Crippen LogP contribution in [0.15, 0.2) is 18.2 Å². The van der Waals surface area contributed by atoms with E-state index in [1.807, 2.05) is 6.92 Å². The summed E-state index contributed by atoms with van der Waals surface area (Å²) in [6.45, 7) is 3.10. The minimum atomic E-state index is -0.906. The first-order valence-electron chi connectivity index (χ1n) is 7.07. The second-order valence-corrected chi connectivity index (χ2v) is 5.39. The fourth-order valence-electron chi connectivity index (χ4n) is 2.30. The van der Waals surface area contributed by atoms with Crippen molar-refractivity contribution in [1.29, 1.82) is 0 Å². The highest BCUT2D eigenvalue weighted by Gasteiger charge is 2.25. The number of halogens is 2. The van der Waals surface area contributed by atoms with E-state index in [9.17, 15) is 13.6 Å². The van der Waals surface area contributed by atoms with Gasteiger partial charge in [0.05, 0.1) is 13.2 Å². The van der Waals surface area contributed by atoms with Crippen molar-refractivity contribution in [3.05, 3.63) is 35.4 Å². The summed E-state index contributed by atoms with van der Waals surface area (Å²) in [6.07, 6.45) is 0.599. The van der Waals surface area contributed by atoms with Crippen LogP contribution in [0.2, 0.25) is 0 Å². The van der Waals surface area contributed by atoms with Gasteiger partial charge in [-0.25, -0.2) is 8.78 Å². The van der Waals surface area contributed by atoms with E-state index < -0.39 is 17.7 Å². The highest BCUT2D eigenvalue weighted by Crippen LogP contribution is 2.24. The van der Waals surface area contributed by atoms with Crippen molar-refractivity contribution in [2.75, 3.05) is 19.7 Å². The fourth-order valence-corrected chi connectivity index (χ4v) is 2.30. The molecule has 21 heavy (non-hydrogen) atoms. The van der Waals surface area contributed by atoms with Crippen LogP contribution in [0.25, 0.3) is 0 Å². The topological polar surface area (TPSA) is 55.6 Å². The van der Waals surface area contributed by atoms with Crippen LogP contribution in [-0.4, -0.2) is 36.5 Å². The maximum absolute atomic E-state index is 13.3. The van der Waals surface area contributed by atoms with Gasteiger partial charge in [0.25, 0.3) is 0 Å². The number of carbonyl (C=O) groups excluding carboxylic acids is 1. The van der Waals surface area contributed by atoms with E-state index in [2.05, 4.69) is 0 Å². The molecule has 0 radical (unpaired) electrons. The lowest BCUT2D eigenvalue weighted by Gasteiger charge is -2.33. The van der Waals surface area contributed by atoms with Crippen LogP contribution in [0.3, 0.4) is 0 Å². The van der Waals surface area contributed by atoms with E-state index in [4.69, 9.17) is 10.5 Å². The highest BCUT2D eigenvalue weighted by molar-refractivity contribution is 5.76. The molecular formula is C15H20F2N2O2. The lowest BCUT2D eigenvalue weighted by Crippen LogP contribution is -2.42. The van der Waals surface area contributed by atoms with Crippen molar-refractivity contribution < 1.29 is 18.3 Å². The van der Waals surface area contributed by atoms with E-state index in [0.717, 1.165) is 12.1 Å². The van der Waals surface area contributed by atoms with Crippen LogP contribution in [0.5, 0.6) is 0 Å². The van der Waals surface area contributed by atoms with Gasteiger partial charge in [-0.3, -0.25) is 4.79 Å². The average molecular weight is 298 g/mol. The maximum Gasteiger partial charge on any atom is 0.222 e. The Labute approximate surface area is 122 Å². The van der Waals surface area contributed by atoms with E-state index in [-0.39, 0.29) is 11.9 Å². The molecule has 0 aromatic heterocycles. The Hall–Kier alpha value is -1.53. The van der Waals surface area contributed by atoms with Gasteiger partial charge in [-0.05, 0) is 31.0 Å². The van der Waals surface area contributed by atoms with E-state index in [1.165, 1.54) is 6.07 Å². The van der Waals surface area contributed by atoms with E-state index in [1.54, 1.807) is 4.90 Å². The molecule has 2 rings (SSSR count). The van der Waals surface area contributed by atoms with Gasteiger partial charge in [0, 0.05) is 19.0 Å². The van der Waals surface area contributed by atoms with E-state index in [0.29, 0.717) is 38.1 Å². The van der Waals surface area contributed by atoms with Gasteiger partial charge in [0.15, 0.2) is 11.6 Å². The Morgan fingerprint density at radius 2 is 2.24 bits per heavy atom. The lowest BCUT2D eigenvalue weighted by molar-refractivity contribution is -0.139. The quantitative estimate of drug-likeness (QED) is 0.925. The number of carbonyl (C=O) groups is 1. The molecule has 4 nitrogen and oxygen atoms in total. The molecule has 1 aliphatic heterocycles. The van der Waals surface area contributed by atoms with Gasteiger partial charge in [0.2, 0.25) is 5.91 Å². The first-order valence-corrected chi connectivity index (χ1v) is 7.07. The van der Waals surface area contributed by atoms with Gasteiger partial charge in [-0.15, -0.1) is 0 Å². The normalized spacial score (nSPS) is 20.4. The smallest absolute Gasteiger partial charge is 0.222 e. The Kier molecular flexibility index (Phi) is 5.25. The molecule has 1 aromatic rings. The molecule has 6 heteroatoms. The Bertz CT molecular complexity index is 508. The van der Waals surface area contributed by atoms with Crippen LogP contribution >= 0.6 is 0 Å². The number of ether oxygens (including phenoxy) is 1. The zero-order valence-corrected chi connectivity index (χ0v) is 12.0. The van der Waals surface area contributed by atoms with Gasteiger partial charge in [-0.2, -0.15) is 0 Å². The fraction of sp³-hybridized carbons (Fsp3) is 0.533. The van der Waals surface area contributed by atoms with Gasteiger partial charge >= 0.3 is 0 Å². The summed E-state index contributed by atoms with van der Waals surface area (Å²) >= 11 is 0. The number of nitrogens with zero attached hydrogens (tertiary/aromatic N) is 1. The average Bonchev–Trinajstić information content (AvgIpc) is 2.47. The van der Waals surface area contributed by atoms with Crippen LogP contribution in [0, 0.1) is 11.6 Å². The summed E-state index contributed by atoms with van der Waals surface area (Å²) in [4.78, 5) is 13.8. The van der Waals surface area contributed by atoms with Crippen LogP contribution < -0.4 is 5.73 Å². The zero-order chi connectivity index (χ0) is 15.4. The first-order chi connectivity index (χ1) is 9.97. The molecule has 0 spiro atoms. The van der Waals surface area contributed by atoms with Crippen molar-refractivity contribution in [2.45, 2.75) is 31.9 Å². The van der Waals surface area contributed by atoms with Crippen molar-refractivity contribution in [3.63, 3.8) is 0 Å². The number of hydrogen-bond acceptors (Lipinski definition) is 3. The van der Waals surface area contributed by atoms with Crippen molar-refractivity contribution in [2.24, 2.45) is 5.73 Å². The SMILES string of the molecule is CC(N)CCC(=O)N1CCOC(c2ccc(F)c(F)c2)C1. The maximum atomic E-state index is 13.3. The molecule has 2 atom stereocenters. The van der Waals surface area contributed by atoms with Gasteiger partial charge in [-0.1, -0.05) is 6.07 Å². The third-order valence-electron chi connectivity index (χ3n) is 3.55. The summed E-state index contributed by atoms with van der Waals surface area (Å²) < 4.78 is 31.8. The predicted octanol–water partition coefficient (Wildman–Crippen LogP) is 1.99. The monoisotopic (exact) mass is 298 g/mol. The van der Waals surface area contributed by atoms with Crippen LogP contribution in [0.1, 0.15) is 31.4 Å². The number of nitrogens with two attached hydrogens (primary N) is 1. The van der Waals surface area contributed by atoms with Crippen molar-refractivity contribution in [3.8, 4) is 0 Å². The minimum Gasteiger partial charge on any atom is -0.370 e. The number of benzene rings is 1. The highest BCUT2D eigenvalue weighted by atomic mass is 19.2. The predicted molar refractivity (Wildman–Crippen MR) is 74.5 cm³/mol. The molecular weight excluding hydrogens is 278 g/mol. The molecule has 0 saturated carbocycles. The molecule has 1 aromatic carbocycles. The summed E-state index contributed by atoms with van der Waals surface area (Å²) in [7, 11) is 0. The third-order valence-corrected chi connectivity index (χ3v) is 3.55. The molecule has 0 aliphatic carbocycles. The largest absolute Gasteiger partial charge is 0.370 e.